The summed E-state index contributed by atoms with van der Waals surface area (Å²) in [4.78, 5) is 20.0. The fourth-order valence-corrected chi connectivity index (χ4v) is 2.58. The van der Waals surface area contributed by atoms with E-state index < -0.39 is 0 Å². The summed E-state index contributed by atoms with van der Waals surface area (Å²) in [6.45, 7) is 9.01. The highest BCUT2D eigenvalue weighted by atomic mass is 16.2. The highest BCUT2D eigenvalue weighted by Gasteiger charge is 2.20. The Morgan fingerprint density at radius 1 is 1.40 bits per heavy atom. The molecule has 0 bridgehead atoms. The normalized spacial score (nSPS) is 17.2. The summed E-state index contributed by atoms with van der Waals surface area (Å²) in [5.74, 6) is 1.14. The Morgan fingerprint density at radius 3 is 2.55 bits per heavy atom. The van der Waals surface area contributed by atoms with Crippen molar-refractivity contribution in [1.29, 1.82) is 0 Å². The smallest absolute Gasteiger partial charge is 0.219 e. The highest BCUT2D eigenvalue weighted by molar-refractivity contribution is 5.73. The topological polar surface area (TPSA) is 62.5 Å². The van der Waals surface area contributed by atoms with Gasteiger partial charge >= 0.3 is 0 Å². The molecule has 5 heteroatoms. The maximum Gasteiger partial charge on any atom is 0.219 e. The third-order valence-corrected chi connectivity index (χ3v) is 4.03. The zero-order chi connectivity index (χ0) is 14.7. The molecule has 1 aromatic rings. The summed E-state index contributed by atoms with van der Waals surface area (Å²) in [7, 11) is 0. The second-order valence-corrected chi connectivity index (χ2v) is 5.41. The van der Waals surface area contributed by atoms with Gasteiger partial charge in [-0.25, -0.2) is 4.98 Å². The molecule has 1 aliphatic heterocycles. The Kier molecular flexibility index (Phi) is 4.60. The van der Waals surface area contributed by atoms with Crippen LogP contribution in [-0.2, 0) is 4.79 Å². The molecule has 1 aromatic heterocycles. The molecule has 1 fully saturated rings. The Hall–Kier alpha value is -1.62. The van der Waals surface area contributed by atoms with Crippen molar-refractivity contribution in [2.45, 2.75) is 33.2 Å². The van der Waals surface area contributed by atoms with Gasteiger partial charge in [0, 0.05) is 45.3 Å². The van der Waals surface area contributed by atoms with Crippen LogP contribution in [0.15, 0.2) is 12.3 Å². The maximum absolute atomic E-state index is 11.3. The molecular formula is C15H24N4O. The second kappa shape index (κ2) is 6.22. The Labute approximate surface area is 120 Å². The lowest BCUT2D eigenvalue weighted by Crippen LogP contribution is -2.48. The number of amides is 1. The lowest BCUT2D eigenvalue weighted by Gasteiger charge is -2.35. The minimum absolute atomic E-state index is 0.0612. The minimum atomic E-state index is 0.0612. The number of carbonyl (C=O) groups excluding carboxylic acids is 1. The van der Waals surface area contributed by atoms with Gasteiger partial charge < -0.3 is 15.5 Å². The van der Waals surface area contributed by atoms with Crippen LogP contribution in [0.3, 0.4) is 0 Å². The predicted molar refractivity (Wildman–Crippen MR) is 80.7 cm³/mol. The van der Waals surface area contributed by atoms with Crippen LogP contribution in [0, 0.1) is 6.92 Å². The van der Waals surface area contributed by atoms with Gasteiger partial charge in [0.1, 0.15) is 5.82 Å². The molecule has 110 valence electrons. The lowest BCUT2D eigenvalue weighted by atomic mass is 10.0. The van der Waals surface area contributed by atoms with E-state index in [-0.39, 0.29) is 11.9 Å². The molecule has 1 saturated heterocycles. The Morgan fingerprint density at radius 2 is 2.05 bits per heavy atom. The van der Waals surface area contributed by atoms with E-state index in [1.807, 2.05) is 11.1 Å². The zero-order valence-corrected chi connectivity index (χ0v) is 12.6. The summed E-state index contributed by atoms with van der Waals surface area (Å²) in [6, 6.07) is 2.17. The molecule has 0 radical (unpaired) electrons. The number of hydrogen-bond donors (Lipinski definition) is 1. The first-order valence-electron chi connectivity index (χ1n) is 7.25. The van der Waals surface area contributed by atoms with E-state index in [1.165, 1.54) is 5.56 Å². The van der Waals surface area contributed by atoms with Gasteiger partial charge in [0.15, 0.2) is 0 Å². The standard InChI is InChI=1S/C15H24N4O/c1-4-14(16)13-10-17-15(9-11(13)2)19-7-5-18(6-8-19)12(3)20/h9-10,14H,4-8,16H2,1-3H3. The van der Waals surface area contributed by atoms with Crippen molar-refractivity contribution in [3.8, 4) is 0 Å². The number of pyridine rings is 1. The van der Waals surface area contributed by atoms with Crippen LogP contribution in [0.2, 0.25) is 0 Å². The molecule has 1 aliphatic rings. The largest absolute Gasteiger partial charge is 0.353 e. The number of nitrogens with two attached hydrogens (primary N) is 1. The van der Waals surface area contributed by atoms with Gasteiger partial charge in [0.25, 0.3) is 0 Å². The minimum Gasteiger partial charge on any atom is -0.353 e. The van der Waals surface area contributed by atoms with Gasteiger partial charge in [-0.05, 0) is 30.5 Å². The van der Waals surface area contributed by atoms with E-state index in [9.17, 15) is 4.79 Å². The van der Waals surface area contributed by atoms with E-state index in [1.54, 1.807) is 6.92 Å². The van der Waals surface area contributed by atoms with Crippen molar-refractivity contribution in [2.75, 3.05) is 31.1 Å². The van der Waals surface area contributed by atoms with Crippen molar-refractivity contribution in [2.24, 2.45) is 5.73 Å². The van der Waals surface area contributed by atoms with Crippen molar-refractivity contribution in [1.82, 2.24) is 9.88 Å². The van der Waals surface area contributed by atoms with Crippen LogP contribution in [0.25, 0.3) is 0 Å². The summed E-state index contributed by atoms with van der Waals surface area (Å²) < 4.78 is 0. The van der Waals surface area contributed by atoms with Crippen molar-refractivity contribution in [3.63, 3.8) is 0 Å². The monoisotopic (exact) mass is 276 g/mol. The van der Waals surface area contributed by atoms with Gasteiger partial charge in [-0.3, -0.25) is 4.79 Å². The van der Waals surface area contributed by atoms with Gasteiger partial charge in [-0.2, -0.15) is 0 Å². The molecule has 0 spiro atoms. The van der Waals surface area contributed by atoms with Gasteiger partial charge in [0.2, 0.25) is 5.91 Å². The number of aromatic nitrogens is 1. The lowest BCUT2D eigenvalue weighted by molar-refractivity contribution is -0.129. The van der Waals surface area contributed by atoms with E-state index in [0.29, 0.717) is 0 Å². The average molecular weight is 276 g/mol. The number of anilines is 1. The summed E-state index contributed by atoms with van der Waals surface area (Å²) >= 11 is 0. The van der Waals surface area contributed by atoms with E-state index in [0.717, 1.165) is 44.0 Å². The number of piperazine rings is 1. The van der Waals surface area contributed by atoms with Crippen LogP contribution < -0.4 is 10.6 Å². The van der Waals surface area contributed by atoms with Crippen LogP contribution in [0.4, 0.5) is 5.82 Å². The molecule has 2 N–H and O–H groups in total. The molecule has 1 amide bonds. The first-order valence-corrected chi connectivity index (χ1v) is 7.25. The molecule has 20 heavy (non-hydrogen) atoms. The number of rotatable bonds is 3. The fourth-order valence-electron chi connectivity index (χ4n) is 2.58. The first-order chi connectivity index (χ1) is 9.52. The molecule has 2 rings (SSSR count). The highest BCUT2D eigenvalue weighted by Crippen LogP contribution is 2.22. The third kappa shape index (κ3) is 3.10. The quantitative estimate of drug-likeness (QED) is 0.908. The summed E-state index contributed by atoms with van der Waals surface area (Å²) in [5, 5.41) is 0. The van der Waals surface area contributed by atoms with Crippen molar-refractivity contribution >= 4 is 11.7 Å². The third-order valence-electron chi connectivity index (χ3n) is 4.03. The molecule has 0 aromatic carbocycles. The molecule has 0 aliphatic carbocycles. The van der Waals surface area contributed by atoms with Gasteiger partial charge in [-0.15, -0.1) is 0 Å². The molecule has 2 heterocycles. The van der Waals surface area contributed by atoms with Crippen molar-refractivity contribution < 1.29 is 4.79 Å². The van der Waals surface area contributed by atoms with Crippen LogP contribution in [-0.4, -0.2) is 42.0 Å². The van der Waals surface area contributed by atoms with E-state index in [2.05, 4.69) is 29.8 Å². The molecule has 5 nitrogen and oxygen atoms in total. The molecule has 0 saturated carbocycles. The fraction of sp³-hybridized carbons (Fsp3) is 0.600. The molecular weight excluding hydrogens is 252 g/mol. The number of hydrogen-bond acceptors (Lipinski definition) is 4. The van der Waals surface area contributed by atoms with Crippen LogP contribution >= 0.6 is 0 Å². The van der Waals surface area contributed by atoms with Crippen molar-refractivity contribution in [3.05, 3.63) is 23.4 Å². The predicted octanol–water partition coefficient (Wildman–Crippen LogP) is 1.47. The average Bonchev–Trinajstić information content (AvgIpc) is 2.46. The number of nitrogens with zero attached hydrogens (tertiary/aromatic N) is 3. The van der Waals surface area contributed by atoms with Crippen LogP contribution in [0.1, 0.15) is 37.4 Å². The molecule has 1 unspecified atom stereocenters. The Bertz CT molecular complexity index is 481. The number of carbonyl (C=O) groups is 1. The maximum atomic E-state index is 11.3. The number of aryl methyl sites for hydroxylation is 1. The van der Waals surface area contributed by atoms with E-state index in [4.69, 9.17) is 5.73 Å². The zero-order valence-electron chi connectivity index (χ0n) is 12.6. The van der Waals surface area contributed by atoms with E-state index >= 15 is 0 Å². The summed E-state index contributed by atoms with van der Waals surface area (Å²) in [6.07, 6.45) is 2.81. The molecule has 1 atom stereocenters. The van der Waals surface area contributed by atoms with Crippen LogP contribution in [0.5, 0.6) is 0 Å². The van der Waals surface area contributed by atoms with Gasteiger partial charge in [0.05, 0.1) is 0 Å². The van der Waals surface area contributed by atoms with Gasteiger partial charge in [-0.1, -0.05) is 6.92 Å². The summed E-state index contributed by atoms with van der Waals surface area (Å²) in [5.41, 5.74) is 8.39. The SMILES string of the molecule is CCC(N)c1cnc(N2CCN(C(C)=O)CC2)cc1C. The first kappa shape index (κ1) is 14.8. The Balaban J connectivity index is 2.07. The second-order valence-electron chi connectivity index (χ2n) is 5.41.